The van der Waals surface area contributed by atoms with E-state index in [1.165, 1.54) is 70.6 Å². The highest BCUT2D eigenvalue weighted by atomic mass is 31.2. The highest BCUT2D eigenvalue weighted by molar-refractivity contribution is 7.47. The summed E-state index contributed by atoms with van der Waals surface area (Å²) in [4.78, 5) is 35.4. The zero-order valence-electron chi connectivity index (χ0n) is 37.0. The third kappa shape index (κ3) is 40.4. The fraction of sp³-hybridized carbons (Fsp3) is 0.739. The van der Waals surface area contributed by atoms with E-state index in [0.717, 1.165) is 32.1 Å². The number of phosphoric acid groups is 1. The SMILES string of the molecule is CCCCC/C=C\C[C@@H](O)/C=C/C=C/C=C\[C@@H](O)CCCC(=O)OC[C@H](COP(=O)(O)OCC[N+](C)(C)C)OC(=O)CCCCCCCCC/C=C\CCCCCC. The second-order valence-electron chi connectivity index (χ2n) is 16.1. The lowest BCUT2D eigenvalue weighted by Crippen LogP contribution is -2.37. The summed E-state index contributed by atoms with van der Waals surface area (Å²) in [6.45, 7) is 4.04. The standard InChI is InChI=1S/C46H82NO10P/c1-6-8-10-12-14-15-16-17-18-19-20-21-22-24-30-36-46(51)57-44(41-56-58(52,53)55-39-38-47(3,4)5)40-54-45(50)37-31-35-43(49)34-29-26-25-28-33-42(48)32-27-23-13-11-9-7-2/h15-16,23,25-29,33-34,42-44,48-49H,6-14,17-22,24,30-32,35-41H2,1-5H3/p+1/b16-15-,26-25+,27-23-,33-28+,34-29-/t42-,43-,44-/m1/s1. The van der Waals surface area contributed by atoms with Crippen molar-refractivity contribution in [1.29, 1.82) is 0 Å². The molecule has 0 aromatic rings. The Morgan fingerprint density at radius 1 is 0.621 bits per heavy atom. The number of hydrogen-bond donors (Lipinski definition) is 3. The largest absolute Gasteiger partial charge is 0.472 e. The number of quaternary nitrogens is 1. The zero-order chi connectivity index (χ0) is 43.2. The van der Waals surface area contributed by atoms with Crippen LogP contribution in [0, 0.1) is 0 Å². The number of unbranched alkanes of at least 4 members (excludes halogenated alkanes) is 14. The summed E-state index contributed by atoms with van der Waals surface area (Å²) in [7, 11) is 1.33. The second-order valence-corrected chi connectivity index (χ2v) is 17.6. The van der Waals surface area contributed by atoms with Gasteiger partial charge in [0.2, 0.25) is 0 Å². The number of aliphatic hydroxyl groups is 2. The number of likely N-dealkylation sites (N-methyl/N-ethyl adjacent to an activating group) is 1. The normalized spacial score (nSPS) is 15.2. The Morgan fingerprint density at radius 3 is 1.76 bits per heavy atom. The van der Waals surface area contributed by atoms with E-state index in [4.69, 9.17) is 18.5 Å². The molecule has 0 fully saturated rings. The summed E-state index contributed by atoms with van der Waals surface area (Å²) >= 11 is 0. The van der Waals surface area contributed by atoms with E-state index in [1.54, 1.807) is 36.5 Å². The molecule has 336 valence electrons. The highest BCUT2D eigenvalue weighted by Gasteiger charge is 2.27. The zero-order valence-corrected chi connectivity index (χ0v) is 37.9. The molecule has 0 rings (SSSR count). The number of ether oxygens (including phenoxy) is 2. The lowest BCUT2D eigenvalue weighted by molar-refractivity contribution is -0.870. The van der Waals surface area contributed by atoms with Crippen molar-refractivity contribution in [2.75, 3.05) is 47.5 Å². The first-order chi connectivity index (χ1) is 27.8. The first-order valence-corrected chi connectivity index (χ1v) is 23.7. The maximum atomic E-state index is 12.7. The summed E-state index contributed by atoms with van der Waals surface area (Å²) < 4.78 is 34.1. The Kier molecular flexibility index (Phi) is 36.1. The minimum absolute atomic E-state index is 0.0111. The number of rotatable bonds is 39. The van der Waals surface area contributed by atoms with Crippen molar-refractivity contribution in [2.45, 2.75) is 173 Å². The molecule has 0 aromatic heterocycles. The molecule has 58 heavy (non-hydrogen) atoms. The maximum Gasteiger partial charge on any atom is 0.472 e. The van der Waals surface area contributed by atoms with Crippen molar-refractivity contribution in [3.05, 3.63) is 60.8 Å². The first-order valence-electron chi connectivity index (χ1n) is 22.2. The fourth-order valence-corrected chi connectivity index (χ4v) is 6.35. The van der Waals surface area contributed by atoms with Crippen molar-refractivity contribution >= 4 is 19.8 Å². The van der Waals surface area contributed by atoms with Crippen LogP contribution in [0.15, 0.2) is 60.8 Å². The Bertz CT molecular complexity index is 1210. The highest BCUT2D eigenvalue weighted by Crippen LogP contribution is 2.43. The average molecular weight is 841 g/mol. The van der Waals surface area contributed by atoms with Crippen LogP contribution in [0.2, 0.25) is 0 Å². The molecule has 0 aliphatic carbocycles. The first kappa shape index (κ1) is 55.6. The molecule has 0 aliphatic heterocycles. The molecule has 4 atom stereocenters. The summed E-state index contributed by atoms with van der Waals surface area (Å²) in [5, 5.41) is 20.3. The van der Waals surface area contributed by atoms with Crippen LogP contribution in [0.25, 0.3) is 0 Å². The smallest absolute Gasteiger partial charge is 0.462 e. The number of carbonyl (C=O) groups excluding carboxylic acids is 2. The van der Waals surface area contributed by atoms with Crippen LogP contribution in [-0.2, 0) is 32.7 Å². The molecule has 1 unspecified atom stereocenters. The molecule has 0 spiro atoms. The number of hydrogen-bond acceptors (Lipinski definition) is 9. The van der Waals surface area contributed by atoms with Gasteiger partial charge in [0, 0.05) is 12.8 Å². The minimum Gasteiger partial charge on any atom is -0.462 e. The third-order valence-electron chi connectivity index (χ3n) is 9.21. The summed E-state index contributed by atoms with van der Waals surface area (Å²) in [5.74, 6) is -1.05. The predicted octanol–water partition coefficient (Wildman–Crippen LogP) is 10.4. The topological polar surface area (TPSA) is 149 Å². The molecule has 0 radical (unpaired) electrons. The van der Waals surface area contributed by atoms with Crippen molar-refractivity contribution in [3.8, 4) is 0 Å². The van der Waals surface area contributed by atoms with Crippen LogP contribution in [0.5, 0.6) is 0 Å². The lowest BCUT2D eigenvalue weighted by atomic mass is 10.1. The fourth-order valence-electron chi connectivity index (χ4n) is 5.61. The molecule has 3 N–H and O–H groups in total. The summed E-state index contributed by atoms with van der Waals surface area (Å²) in [5.41, 5.74) is 0. The third-order valence-corrected chi connectivity index (χ3v) is 10.2. The van der Waals surface area contributed by atoms with E-state index in [1.807, 2.05) is 27.2 Å². The van der Waals surface area contributed by atoms with Gasteiger partial charge in [-0.1, -0.05) is 139 Å². The van der Waals surface area contributed by atoms with Crippen LogP contribution in [0.3, 0.4) is 0 Å². The summed E-state index contributed by atoms with van der Waals surface area (Å²) in [6.07, 6.45) is 37.5. The van der Waals surface area contributed by atoms with Gasteiger partial charge in [0.15, 0.2) is 6.10 Å². The van der Waals surface area contributed by atoms with Gasteiger partial charge in [-0.25, -0.2) is 4.57 Å². The molecule has 0 aliphatic rings. The summed E-state index contributed by atoms with van der Waals surface area (Å²) in [6, 6.07) is 0. The van der Waals surface area contributed by atoms with E-state index in [9.17, 15) is 29.3 Å². The van der Waals surface area contributed by atoms with Crippen LogP contribution in [-0.4, -0.2) is 97.3 Å². The Balaban J connectivity index is 4.63. The number of carbonyl (C=O) groups is 2. The molecular formula is C46H83NO10P+. The molecule has 11 nitrogen and oxygen atoms in total. The van der Waals surface area contributed by atoms with Crippen molar-refractivity contribution in [3.63, 3.8) is 0 Å². The van der Waals surface area contributed by atoms with E-state index in [0.29, 0.717) is 36.7 Å². The predicted molar refractivity (Wildman–Crippen MR) is 236 cm³/mol. The molecular weight excluding hydrogens is 757 g/mol. The van der Waals surface area contributed by atoms with E-state index < -0.39 is 44.7 Å². The Labute approximate surface area is 352 Å². The van der Waals surface area contributed by atoms with Gasteiger partial charge >= 0.3 is 19.8 Å². The molecule has 0 aromatic carbocycles. The van der Waals surface area contributed by atoms with Gasteiger partial charge in [-0.15, -0.1) is 0 Å². The number of esters is 2. The number of allylic oxidation sites excluding steroid dienone is 7. The molecule has 0 heterocycles. The van der Waals surface area contributed by atoms with Gasteiger partial charge in [0.1, 0.15) is 19.8 Å². The second kappa shape index (κ2) is 37.6. The van der Waals surface area contributed by atoms with Crippen LogP contribution in [0.1, 0.15) is 155 Å². The number of aliphatic hydroxyl groups excluding tert-OH is 2. The van der Waals surface area contributed by atoms with Crippen molar-refractivity contribution < 1.29 is 52.3 Å². The number of phosphoric ester groups is 1. The monoisotopic (exact) mass is 841 g/mol. The van der Waals surface area contributed by atoms with Crippen LogP contribution < -0.4 is 0 Å². The van der Waals surface area contributed by atoms with Gasteiger partial charge in [-0.05, 0) is 64.2 Å². The van der Waals surface area contributed by atoms with Gasteiger partial charge in [0.25, 0.3) is 0 Å². The maximum absolute atomic E-state index is 12.7. The number of nitrogens with zero attached hydrogens (tertiary/aromatic N) is 1. The van der Waals surface area contributed by atoms with Crippen LogP contribution >= 0.6 is 7.82 Å². The van der Waals surface area contributed by atoms with Gasteiger partial charge in [0.05, 0.1) is 40.0 Å². The molecule has 0 saturated carbocycles. The average Bonchev–Trinajstić information content (AvgIpc) is 3.16. The Morgan fingerprint density at radius 2 is 1.14 bits per heavy atom. The van der Waals surface area contributed by atoms with E-state index in [-0.39, 0.29) is 26.1 Å². The van der Waals surface area contributed by atoms with E-state index in [2.05, 4.69) is 32.1 Å². The quantitative estimate of drug-likeness (QED) is 0.0136. The molecule has 0 saturated heterocycles. The molecule has 0 bridgehead atoms. The van der Waals surface area contributed by atoms with Crippen molar-refractivity contribution in [1.82, 2.24) is 0 Å². The Hall–Kier alpha value is -2.37. The van der Waals surface area contributed by atoms with Gasteiger partial charge in [-0.3, -0.25) is 18.6 Å². The van der Waals surface area contributed by atoms with Gasteiger partial charge < -0.3 is 29.1 Å². The minimum atomic E-state index is -4.44. The lowest BCUT2D eigenvalue weighted by Gasteiger charge is -2.24. The molecule has 12 heteroatoms. The van der Waals surface area contributed by atoms with Crippen molar-refractivity contribution in [2.24, 2.45) is 0 Å². The van der Waals surface area contributed by atoms with Crippen LogP contribution in [0.4, 0.5) is 0 Å². The van der Waals surface area contributed by atoms with Gasteiger partial charge in [-0.2, -0.15) is 0 Å². The van der Waals surface area contributed by atoms with E-state index >= 15 is 0 Å². The molecule has 0 amide bonds.